The van der Waals surface area contributed by atoms with Gasteiger partial charge in [0.25, 0.3) is 5.91 Å². The number of amides is 1. The fourth-order valence-electron chi connectivity index (χ4n) is 2.80. The van der Waals surface area contributed by atoms with E-state index in [9.17, 15) is 4.79 Å². The summed E-state index contributed by atoms with van der Waals surface area (Å²) in [6.07, 6.45) is 0. The standard InChI is InChI=1S/C18H27N3O2S/c1-18(2,3)15-6-4-14(5-7-15)16(23)19-17(24)21-10-8-20(9-11-21)12-13-22/h4-7,22H,8-13H2,1-3H3,(H,19,23,24)/p+1. The summed E-state index contributed by atoms with van der Waals surface area (Å²) in [5, 5.41) is 12.3. The summed E-state index contributed by atoms with van der Waals surface area (Å²) in [5.41, 5.74) is 1.89. The van der Waals surface area contributed by atoms with E-state index in [1.807, 2.05) is 29.2 Å². The third kappa shape index (κ3) is 5.00. The highest BCUT2D eigenvalue weighted by Gasteiger charge is 2.22. The molecule has 0 aromatic heterocycles. The Balaban J connectivity index is 1.89. The molecule has 132 valence electrons. The molecule has 0 unspecified atom stereocenters. The predicted molar refractivity (Wildman–Crippen MR) is 99.4 cm³/mol. The second-order valence-electron chi connectivity index (χ2n) is 7.30. The molecule has 1 aromatic carbocycles. The lowest BCUT2D eigenvalue weighted by atomic mass is 9.87. The SMILES string of the molecule is CC(C)(C)c1ccc(C(=O)NC(=S)N2CC[NH+](CCO)CC2)cc1. The molecule has 0 radical (unpaired) electrons. The minimum absolute atomic E-state index is 0.0703. The van der Waals surface area contributed by atoms with E-state index >= 15 is 0 Å². The lowest BCUT2D eigenvalue weighted by Gasteiger charge is -2.33. The van der Waals surface area contributed by atoms with Gasteiger partial charge in [0.1, 0.15) is 6.54 Å². The van der Waals surface area contributed by atoms with Gasteiger partial charge in [-0.25, -0.2) is 0 Å². The molecule has 0 saturated carbocycles. The fraction of sp³-hybridized carbons (Fsp3) is 0.556. The average Bonchev–Trinajstić information content (AvgIpc) is 2.55. The highest BCUT2D eigenvalue weighted by atomic mass is 32.1. The van der Waals surface area contributed by atoms with Gasteiger partial charge in [0.05, 0.1) is 32.8 Å². The molecule has 0 atom stereocenters. The Morgan fingerprint density at radius 3 is 2.33 bits per heavy atom. The lowest BCUT2D eigenvalue weighted by molar-refractivity contribution is -0.904. The van der Waals surface area contributed by atoms with Crippen molar-refractivity contribution in [3.8, 4) is 0 Å². The maximum Gasteiger partial charge on any atom is 0.257 e. The second kappa shape index (κ2) is 8.05. The Kier molecular flexibility index (Phi) is 6.32. The molecular weight excluding hydrogens is 322 g/mol. The van der Waals surface area contributed by atoms with E-state index in [1.165, 1.54) is 10.5 Å². The van der Waals surface area contributed by atoms with Crippen molar-refractivity contribution in [3.63, 3.8) is 0 Å². The Hall–Kier alpha value is -1.50. The first-order chi connectivity index (χ1) is 11.3. The van der Waals surface area contributed by atoms with E-state index in [-0.39, 0.29) is 17.9 Å². The van der Waals surface area contributed by atoms with Crippen molar-refractivity contribution in [2.24, 2.45) is 0 Å². The monoisotopic (exact) mass is 350 g/mol. The summed E-state index contributed by atoms with van der Waals surface area (Å²) in [4.78, 5) is 15.8. The number of nitrogens with one attached hydrogen (secondary N) is 2. The molecule has 1 aliphatic heterocycles. The van der Waals surface area contributed by atoms with Gasteiger partial charge in [-0.05, 0) is 35.3 Å². The number of carbonyl (C=O) groups excluding carboxylic acids is 1. The Morgan fingerprint density at radius 1 is 1.25 bits per heavy atom. The Labute approximate surface area is 149 Å². The number of piperazine rings is 1. The zero-order valence-corrected chi connectivity index (χ0v) is 15.6. The summed E-state index contributed by atoms with van der Waals surface area (Å²) in [6.45, 7) is 10.9. The number of quaternary nitrogens is 1. The maximum absolute atomic E-state index is 12.4. The minimum Gasteiger partial charge on any atom is -0.391 e. The number of hydrogen-bond donors (Lipinski definition) is 3. The van der Waals surface area contributed by atoms with Crippen LogP contribution in [0.4, 0.5) is 0 Å². The van der Waals surface area contributed by atoms with Gasteiger partial charge >= 0.3 is 0 Å². The average molecular weight is 351 g/mol. The van der Waals surface area contributed by atoms with Gasteiger partial charge in [-0.15, -0.1) is 0 Å². The largest absolute Gasteiger partial charge is 0.391 e. The van der Waals surface area contributed by atoms with E-state index < -0.39 is 0 Å². The third-order valence-electron chi connectivity index (χ3n) is 4.46. The van der Waals surface area contributed by atoms with E-state index in [1.54, 1.807) is 0 Å². The first kappa shape index (κ1) is 18.8. The van der Waals surface area contributed by atoms with Crippen LogP contribution >= 0.6 is 12.2 Å². The van der Waals surface area contributed by atoms with Gasteiger partial charge in [-0.2, -0.15) is 0 Å². The summed E-state index contributed by atoms with van der Waals surface area (Å²) in [6, 6.07) is 7.69. The van der Waals surface area contributed by atoms with Crippen LogP contribution in [0.15, 0.2) is 24.3 Å². The van der Waals surface area contributed by atoms with Gasteiger partial charge < -0.3 is 14.9 Å². The van der Waals surface area contributed by atoms with Crippen LogP contribution in [0.2, 0.25) is 0 Å². The van der Waals surface area contributed by atoms with Crippen molar-refractivity contribution in [2.75, 3.05) is 39.3 Å². The molecule has 1 heterocycles. The van der Waals surface area contributed by atoms with Crippen LogP contribution in [0.3, 0.4) is 0 Å². The van der Waals surface area contributed by atoms with Crippen molar-refractivity contribution < 1.29 is 14.8 Å². The molecule has 1 aliphatic rings. The molecule has 3 N–H and O–H groups in total. The zero-order valence-electron chi connectivity index (χ0n) is 14.8. The van der Waals surface area contributed by atoms with Crippen molar-refractivity contribution in [1.29, 1.82) is 0 Å². The number of aliphatic hydroxyl groups excluding tert-OH is 1. The number of aliphatic hydroxyl groups is 1. The fourth-order valence-corrected chi connectivity index (χ4v) is 3.08. The molecule has 6 heteroatoms. The van der Waals surface area contributed by atoms with Crippen molar-refractivity contribution in [2.45, 2.75) is 26.2 Å². The molecule has 0 bridgehead atoms. The molecule has 5 nitrogen and oxygen atoms in total. The molecule has 1 amide bonds. The van der Waals surface area contributed by atoms with Crippen LogP contribution in [0.5, 0.6) is 0 Å². The number of rotatable bonds is 3. The van der Waals surface area contributed by atoms with Gasteiger partial charge in [-0.3, -0.25) is 10.1 Å². The number of hydrogen-bond acceptors (Lipinski definition) is 3. The number of thiocarbonyl (C=S) groups is 1. The topological polar surface area (TPSA) is 57.0 Å². The Bertz CT molecular complexity index is 573. The molecule has 1 saturated heterocycles. The van der Waals surface area contributed by atoms with Crippen molar-refractivity contribution in [1.82, 2.24) is 10.2 Å². The highest BCUT2D eigenvalue weighted by molar-refractivity contribution is 7.80. The first-order valence-electron chi connectivity index (χ1n) is 8.46. The smallest absolute Gasteiger partial charge is 0.257 e. The summed E-state index contributed by atoms with van der Waals surface area (Å²) in [5.74, 6) is -0.161. The Morgan fingerprint density at radius 2 is 1.83 bits per heavy atom. The van der Waals surface area contributed by atoms with Gasteiger partial charge in [0, 0.05) is 5.56 Å². The van der Waals surface area contributed by atoms with Crippen LogP contribution in [0, 0.1) is 0 Å². The molecule has 0 spiro atoms. The number of nitrogens with zero attached hydrogens (tertiary/aromatic N) is 1. The number of carbonyl (C=O) groups is 1. The normalized spacial score (nSPS) is 16.1. The minimum atomic E-state index is -0.161. The van der Waals surface area contributed by atoms with Crippen LogP contribution in [-0.4, -0.2) is 60.4 Å². The highest BCUT2D eigenvalue weighted by Crippen LogP contribution is 2.22. The van der Waals surface area contributed by atoms with Crippen LogP contribution < -0.4 is 10.2 Å². The van der Waals surface area contributed by atoms with Crippen LogP contribution in [0.25, 0.3) is 0 Å². The van der Waals surface area contributed by atoms with Gasteiger partial charge in [-0.1, -0.05) is 32.9 Å². The molecular formula is C18H28N3O2S+. The second-order valence-corrected chi connectivity index (χ2v) is 7.68. The maximum atomic E-state index is 12.4. The molecule has 0 aliphatic carbocycles. The van der Waals surface area contributed by atoms with E-state index in [0.29, 0.717) is 10.7 Å². The van der Waals surface area contributed by atoms with Gasteiger partial charge in [0.2, 0.25) is 0 Å². The van der Waals surface area contributed by atoms with E-state index in [2.05, 4.69) is 26.1 Å². The zero-order chi connectivity index (χ0) is 17.7. The molecule has 2 rings (SSSR count). The van der Waals surface area contributed by atoms with E-state index in [4.69, 9.17) is 17.3 Å². The van der Waals surface area contributed by atoms with Crippen LogP contribution in [0.1, 0.15) is 36.7 Å². The quantitative estimate of drug-likeness (QED) is 0.682. The predicted octanol–water partition coefficient (Wildman–Crippen LogP) is 0.192. The van der Waals surface area contributed by atoms with Gasteiger partial charge in [0.15, 0.2) is 5.11 Å². The first-order valence-corrected chi connectivity index (χ1v) is 8.87. The lowest BCUT2D eigenvalue weighted by Crippen LogP contribution is -3.15. The summed E-state index contributed by atoms with van der Waals surface area (Å²) < 4.78 is 0. The summed E-state index contributed by atoms with van der Waals surface area (Å²) >= 11 is 5.37. The molecule has 1 aromatic rings. The van der Waals surface area contributed by atoms with Crippen molar-refractivity contribution >= 4 is 23.2 Å². The van der Waals surface area contributed by atoms with Crippen molar-refractivity contribution in [3.05, 3.63) is 35.4 Å². The third-order valence-corrected chi connectivity index (χ3v) is 4.82. The van der Waals surface area contributed by atoms with E-state index in [0.717, 1.165) is 32.7 Å². The number of benzene rings is 1. The molecule has 1 fully saturated rings. The molecule has 24 heavy (non-hydrogen) atoms. The van der Waals surface area contributed by atoms with Crippen LogP contribution in [-0.2, 0) is 5.41 Å². The summed E-state index contributed by atoms with van der Waals surface area (Å²) in [7, 11) is 0.